The third kappa shape index (κ3) is 6.12. The van der Waals surface area contributed by atoms with Gasteiger partial charge in [-0.25, -0.2) is 4.79 Å². The van der Waals surface area contributed by atoms with E-state index in [1.807, 2.05) is 0 Å². The van der Waals surface area contributed by atoms with E-state index in [9.17, 15) is 14.2 Å². The van der Waals surface area contributed by atoms with E-state index in [1.54, 1.807) is 30.3 Å². The van der Waals surface area contributed by atoms with Gasteiger partial charge in [0.1, 0.15) is 5.56 Å². The molecule has 3 rings (SSSR count). The van der Waals surface area contributed by atoms with Gasteiger partial charge in [0.15, 0.2) is 5.78 Å². The molecule has 0 aliphatic heterocycles. The van der Waals surface area contributed by atoms with Crippen LogP contribution in [0.2, 0.25) is 10.0 Å². The van der Waals surface area contributed by atoms with Crippen LogP contribution < -0.4 is 5.30 Å². The molecule has 0 amide bonds. The van der Waals surface area contributed by atoms with Crippen LogP contribution in [0.1, 0.15) is 105 Å². The third-order valence-electron chi connectivity index (χ3n) is 6.58. The normalized spacial score (nSPS) is 12.9. The summed E-state index contributed by atoms with van der Waals surface area (Å²) in [5.41, 5.74) is 2.31. The van der Waals surface area contributed by atoms with Gasteiger partial charge in [0.25, 0.3) is 0 Å². The molecule has 0 aromatic heterocycles. The molecule has 0 N–H and O–H groups in total. The molecular formula is C32H36Cl2O3P+. The molecule has 0 radical (unpaired) electrons. The van der Waals surface area contributed by atoms with E-state index in [1.165, 1.54) is 12.1 Å². The van der Waals surface area contributed by atoms with Crippen molar-refractivity contribution in [1.82, 2.24) is 0 Å². The molecule has 38 heavy (non-hydrogen) atoms. The lowest BCUT2D eigenvalue weighted by molar-refractivity contribution is 0.103. The van der Waals surface area contributed by atoms with Crippen LogP contribution in [0.15, 0.2) is 54.6 Å². The minimum atomic E-state index is -2.67. The van der Waals surface area contributed by atoms with Gasteiger partial charge in [-0.2, -0.15) is 0 Å². The second-order valence-electron chi connectivity index (χ2n) is 12.7. The van der Waals surface area contributed by atoms with Gasteiger partial charge in [-0.05, 0) is 57.2 Å². The van der Waals surface area contributed by atoms with Crippen molar-refractivity contribution in [3.05, 3.63) is 98.0 Å². The molecule has 3 aromatic carbocycles. The maximum atomic E-state index is 14.5. The van der Waals surface area contributed by atoms with Gasteiger partial charge in [0.2, 0.25) is 5.30 Å². The molecule has 1 unspecified atom stereocenters. The summed E-state index contributed by atoms with van der Waals surface area (Å²) in [6.07, 6.45) is 0. The Kier molecular flexibility index (Phi) is 8.50. The molecule has 6 heteroatoms. The Hall–Kier alpha value is -2.32. The van der Waals surface area contributed by atoms with E-state index in [0.29, 0.717) is 5.56 Å². The van der Waals surface area contributed by atoms with Gasteiger partial charge in [0.05, 0.1) is 15.6 Å². The lowest BCUT2D eigenvalue weighted by Gasteiger charge is -2.33. The summed E-state index contributed by atoms with van der Waals surface area (Å²) < 4.78 is 13.7. The second-order valence-corrected chi connectivity index (χ2v) is 15.0. The number of carbonyl (C=O) groups is 2. The Morgan fingerprint density at radius 2 is 1.13 bits per heavy atom. The number of halogens is 2. The van der Waals surface area contributed by atoms with Gasteiger partial charge >= 0.3 is 13.3 Å². The topological polar surface area (TPSA) is 51.2 Å². The summed E-state index contributed by atoms with van der Waals surface area (Å²) in [6.45, 7) is 19.0. The molecule has 3 aromatic rings. The van der Waals surface area contributed by atoms with E-state index in [-0.39, 0.29) is 48.5 Å². The van der Waals surface area contributed by atoms with Gasteiger partial charge in [-0.3, -0.25) is 4.79 Å². The lowest BCUT2D eigenvalue weighted by atomic mass is 9.71. The van der Waals surface area contributed by atoms with Crippen molar-refractivity contribution in [2.45, 2.75) is 78.6 Å². The SMILES string of the molecule is CC(C)(C)c1cc(C(C)(C)C)c(C(=O)c2ccccc2[P+](=O)C(=O)c2c(Cl)cccc2Cl)c(C(C)(C)C)c1. The van der Waals surface area contributed by atoms with Crippen molar-refractivity contribution < 1.29 is 14.2 Å². The summed E-state index contributed by atoms with van der Waals surface area (Å²) in [7, 11) is -2.67. The Morgan fingerprint density at radius 1 is 0.658 bits per heavy atom. The highest BCUT2D eigenvalue weighted by molar-refractivity contribution is 7.71. The van der Waals surface area contributed by atoms with Crippen LogP contribution in [-0.4, -0.2) is 11.3 Å². The molecule has 0 aliphatic carbocycles. The van der Waals surface area contributed by atoms with Gasteiger partial charge in [-0.15, -0.1) is 0 Å². The number of carbonyl (C=O) groups excluding carboxylic acids is 2. The van der Waals surface area contributed by atoms with Crippen LogP contribution in [-0.2, 0) is 20.8 Å². The van der Waals surface area contributed by atoms with Crippen molar-refractivity contribution in [3.8, 4) is 0 Å². The largest absolute Gasteiger partial charge is 0.459 e. The summed E-state index contributed by atoms with van der Waals surface area (Å²) in [6, 6.07) is 15.6. The Morgan fingerprint density at radius 3 is 1.58 bits per heavy atom. The molecule has 0 saturated heterocycles. The highest BCUT2D eigenvalue weighted by atomic mass is 35.5. The number of hydrogen-bond donors (Lipinski definition) is 0. The molecular weight excluding hydrogens is 534 g/mol. The van der Waals surface area contributed by atoms with Gasteiger partial charge < -0.3 is 0 Å². The van der Waals surface area contributed by atoms with Crippen LogP contribution in [0, 0.1) is 0 Å². The molecule has 3 nitrogen and oxygen atoms in total. The van der Waals surface area contributed by atoms with E-state index in [2.05, 4.69) is 74.4 Å². The highest BCUT2D eigenvalue weighted by Crippen LogP contribution is 2.40. The fraction of sp³-hybridized carbons (Fsp3) is 0.375. The standard InChI is InChI=1S/C32H36Cl2O3P/c1-30(2,3)19-17-21(31(4,5)6)26(22(18-19)32(7,8)9)28(35)20-13-10-11-16-25(20)38(37)29(36)27-23(33)14-12-15-24(27)34/h10-18H,1-9H3/q+1. The maximum absolute atomic E-state index is 14.5. The van der Waals surface area contributed by atoms with E-state index < -0.39 is 13.3 Å². The molecule has 200 valence electrons. The van der Waals surface area contributed by atoms with Crippen molar-refractivity contribution in [2.24, 2.45) is 0 Å². The average molecular weight is 571 g/mol. The molecule has 0 bridgehead atoms. The van der Waals surface area contributed by atoms with Crippen LogP contribution in [0.25, 0.3) is 0 Å². The first-order valence-corrected chi connectivity index (χ1v) is 14.7. The van der Waals surface area contributed by atoms with Crippen LogP contribution in [0.4, 0.5) is 0 Å². The predicted octanol–water partition coefficient (Wildman–Crippen LogP) is 9.41. The first-order valence-electron chi connectivity index (χ1n) is 12.6. The van der Waals surface area contributed by atoms with E-state index >= 15 is 0 Å². The Bertz CT molecular complexity index is 1380. The number of benzene rings is 3. The first-order chi connectivity index (χ1) is 17.4. The Labute approximate surface area is 237 Å². The zero-order valence-electron chi connectivity index (χ0n) is 23.6. The summed E-state index contributed by atoms with van der Waals surface area (Å²) in [5, 5.41) is 0.419. The maximum Gasteiger partial charge on any atom is 0.459 e. The van der Waals surface area contributed by atoms with Crippen LogP contribution in [0.5, 0.6) is 0 Å². The molecule has 0 saturated carbocycles. The number of ketones is 1. The minimum Gasteiger partial charge on any atom is -0.288 e. The summed E-state index contributed by atoms with van der Waals surface area (Å²) in [4.78, 5) is 27.8. The second kappa shape index (κ2) is 10.7. The molecule has 1 atom stereocenters. The Balaban J connectivity index is 2.30. The summed E-state index contributed by atoms with van der Waals surface area (Å²) >= 11 is 12.5. The molecule has 0 heterocycles. The number of rotatable bonds is 5. The highest BCUT2D eigenvalue weighted by Gasteiger charge is 2.40. The fourth-order valence-corrected chi connectivity index (χ4v) is 6.37. The monoisotopic (exact) mass is 569 g/mol. The molecule has 0 fully saturated rings. The van der Waals surface area contributed by atoms with Gasteiger partial charge in [-0.1, -0.05) is 120 Å². The molecule has 0 aliphatic rings. The smallest absolute Gasteiger partial charge is 0.288 e. The summed E-state index contributed by atoms with van der Waals surface area (Å²) in [5.74, 6) is -0.252. The van der Waals surface area contributed by atoms with Crippen molar-refractivity contribution in [1.29, 1.82) is 0 Å². The first kappa shape index (κ1) is 30.2. The van der Waals surface area contributed by atoms with Crippen LogP contribution in [0.3, 0.4) is 0 Å². The average Bonchev–Trinajstić information content (AvgIpc) is 2.80. The van der Waals surface area contributed by atoms with Crippen molar-refractivity contribution in [3.63, 3.8) is 0 Å². The molecule has 0 spiro atoms. The fourth-order valence-electron chi connectivity index (χ4n) is 4.39. The van der Waals surface area contributed by atoms with Gasteiger partial charge in [0, 0.05) is 5.56 Å². The van der Waals surface area contributed by atoms with Crippen molar-refractivity contribution >= 4 is 47.6 Å². The van der Waals surface area contributed by atoms with E-state index in [0.717, 1.165) is 16.7 Å². The predicted molar refractivity (Wildman–Crippen MR) is 160 cm³/mol. The third-order valence-corrected chi connectivity index (χ3v) is 8.63. The number of hydrogen-bond acceptors (Lipinski definition) is 3. The van der Waals surface area contributed by atoms with Crippen LogP contribution >= 0.6 is 31.0 Å². The van der Waals surface area contributed by atoms with E-state index in [4.69, 9.17) is 23.2 Å². The zero-order valence-corrected chi connectivity index (χ0v) is 26.0. The quantitative estimate of drug-likeness (QED) is 0.227. The zero-order chi connectivity index (χ0) is 28.8. The van der Waals surface area contributed by atoms with Crippen molar-refractivity contribution in [2.75, 3.05) is 0 Å². The minimum absolute atomic E-state index is 0.000474. The lowest BCUT2D eigenvalue weighted by Crippen LogP contribution is -2.28.